The van der Waals surface area contributed by atoms with Gasteiger partial charge in [0, 0.05) is 23.3 Å². The fraction of sp³-hybridized carbons (Fsp3) is 0.174. The molecule has 1 atom stereocenters. The Labute approximate surface area is 193 Å². The van der Waals surface area contributed by atoms with Gasteiger partial charge in [0.15, 0.2) is 0 Å². The van der Waals surface area contributed by atoms with E-state index in [9.17, 15) is 13.2 Å². The van der Waals surface area contributed by atoms with Crippen molar-refractivity contribution < 1.29 is 13.2 Å². The topological polar surface area (TPSA) is 95.6 Å². The highest BCUT2D eigenvalue weighted by molar-refractivity contribution is 6.30. The summed E-state index contributed by atoms with van der Waals surface area (Å²) in [6.45, 7) is 1.96. The number of aryl methyl sites for hydroxylation is 1. The number of alkyl halides is 3. The van der Waals surface area contributed by atoms with Gasteiger partial charge in [0.1, 0.15) is 12.1 Å². The van der Waals surface area contributed by atoms with E-state index in [1.54, 1.807) is 23.0 Å². The van der Waals surface area contributed by atoms with Crippen LogP contribution in [0.25, 0.3) is 22.4 Å². The number of aromatic nitrogens is 4. The molecule has 6 nitrogen and oxygen atoms in total. The van der Waals surface area contributed by atoms with Gasteiger partial charge in [-0.1, -0.05) is 35.9 Å². The zero-order chi connectivity index (χ0) is 23.8. The Balaban J connectivity index is 1.76. The van der Waals surface area contributed by atoms with Crippen LogP contribution in [0.15, 0.2) is 61.1 Å². The summed E-state index contributed by atoms with van der Waals surface area (Å²) in [4.78, 5) is 8.57. The molecule has 0 aliphatic rings. The van der Waals surface area contributed by atoms with Crippen molar-refractivity contribution >= 4 is 17.4 Å². The number of nitrogens with two attached hydrogens (primary N) is 2. The molecule has 10 heteroatoms. The van der Waals surface area contributed by atoms with Crippen molar-refractivity contribution in [2.45, 2.75) is 19.1 Å². The fourth-order valence-electron chi connectivity index (χ4n) is 3.67. The lowest BCUT2D eigenvalue weighted by molar-refractivity contribution is -0.137. The second kappa shape index (κ2) is 8.84. The van der Waals surface area contributed by atoms with E-state index in [1.807, 2.05) is 19.1 Å². The van der Waals surface area contributed by atoms with Crippen LogP contribution < -0.4 is 11.5 Å². The van der Waals surface area contributed by atoms with Gasteiger partial charge in [0.2, 0.25) is 0 Å². The summed E-state index contributed by atoms with van der Waals surface area (Å²) < 4.78 is 40.4. The molecule has 0 spiro atoms. The number of hydrogen-bond donors (Lipinski definition) is 2. The van der Waals surface area contributed by atoms with Crippen LogP contribution in [0.4, 0.5) is 19.0 Å². The first kappa shape index (κ1) is 22.8. The highest BCUT2D eigenvalue weighted by Gasteiger charge is 2.30. The van der Waals surface area contributed by atoms with Gasteiger partial charge in [0.05, 0.1) is 28.6 Å². The summed E-state index contributed by atoms with van der Waals surface area (Å²) in [6.07, 6.45) is -1.26. The van der Waals surface area contributed by atoms with Crippen LogP contribution in [0.3, 0.4) is 0 Å². The van der Waals surface area contributed by atoms with Gasteiger partial charge < -0.3 is 11.5 Å². The molecule has 170 valence electrons. The van der Waals surface area contributed by atoms with E-state index < -0.39 is 17.8 Å². The van der Waals surface area contributed by atoms with Crippen LogP contribution in [0.5, 0.6) is 0 Å². The summed E-state index contributed by atoms with van der Waals surface area (Å²) in [5.74, 6) is 0.299. The first-order valence-electron chi connectivity index (χ1n) is 9.98. The van der Waals surface area contributed by atoms with E-state index in [0.717, 1.165) is 17.7 Å². The lowest BCUT2D eigenvalue weighted by Crippen LogP contribution is -2.21. The average Bonchev–Trinajstić information content (AvgIpc) is 3.15. The largest absolute Gasteiger partial charge is 0.416 e. The molecule has 1 unspecified atom stereocenters. The van der Waals surface area contributed by atoms with Crippen LogP contribution in [-0.4, -0.2) is 26.3 Å². The van der Waals surface area contributed by atoms with Gasteiger partial charge >= 0.3 is 6.18 Å². The van der Waals surface area contributed by atoms with E-state index >= 15 is 0 Å². The van der Waals surface area contributed by atoms with Crippen LogP contribution in [-0.2, 0) is 6.18 Å². The van der Waals surface area contributed by atoms with Gasteiger partial charge in [-0.15, -0.1) is 0 Å². The molecule has 0 fully saturated rings. The first-order valence-corrected chi connectivity index (χ1v) is 10.4. The molecule has 0 bridgehead atoms. The van der Waals surface area contributed by atoms with Gasteiger partial charge in [0.25, 0.3) is 0 Å². The minimum Gasteiger partial charge on any atom is -0.383 e. The van der Waals surface area contributed by atoms with Crippen molar-refractivity contribution in [3.63, 3.8) is 0 Å². The summed E-state index contributed by atoms with van der Waals surface area (Å²) in [5.41, 5.74) is 15.4. The Kier molecular flexibility index (Phi) is 6.09. The third-order valence-corrected chi connectivity index (χ3v) is 5.60. The molecular weight excluding hydrogens is 453 g/mol. The third kappa shape index (κ3) is 4.55. The molecular formula is C23H20ClF3N6. The molecule has 4 rings (SSSR count). The molecule has 0 amide bonds. The summed E-state index contributed by atoms with van der Waals surface area (Å²) >= 11 is 6.02. The maximum atomic E-state index is 12.9. The lowest BCUT2D eigenvalue weighted by Gasteiger charge is -2.17. The second-order valence-electron chi connectivity index (χ2n) is 7.47. The smallest absolute Gasteiger partial charge is 0.383 e. The van der Waals surface area contributed by atoms with Crippen LogP contribution in [0.1, 0.15) is 22.9 Å². The zero-order valence-electron chi connectivity index (χ0n) is 17.5. The standard InChI is InChI=1S/C23H20ClF3N6/c1-13-18(21-20(22(29)31-12-30-21)15-4-8-17(24)9-5-15)11-33(32-13)19(10-28)14-2-6-16(7-3-14)23(25,26)27/h2-9,11-12,19H,10,28H2,1H3,(H2,29,30,31). The fourth-order valence-corrected chi connectivity index (χ4v) is 3.80. The van der Waals surface area contributed by atoms with Crippen molar-refractivity contribution in [1.29, 1.82) is 0 Å². The minimum atomic E-state index is -4.41. The van der Waals surface area contributed by atoms with Gasteiger partial charge in [-0.2, -0.15) is 18.3 Å². The van der Waals surface area contributed by atoms with Crippen molar-refractivity contribution in [3.05, 3.63) is 82.9 Å². The number of hydrogen-bond acceptors (Lipinski definition) is 5. The van der Waals surface area contributed by atoms with Crippen LogP contribution >= 0.6 is 11.6 Å². The molecule has 0 saturated heterocycles. The zero-order valence-corrected chi connectivity index (χ0v) is 18.3. The highest BCUT2D eigenvalue weighted by Crippen LogP contribution is 2.36. The van der Waals surface area contributed by atoms with Crippen molar-refractivity contribution in [3.8, 4) is 22.4 Å². The van der Waals surface area contributed by atoms with Gasteiger partial charge in [-0.3, -0.25) is 4.68 Å². The average molecular weight is 473 g/mol. The van der Waals surface area contributed by atoms with Gasteiger partial charge in [-0.25, -0.2) is 9.97 Å². The predicted octanol–water partition coefficient (Wildman–Crippen LogP) is 5.12. The molecule has 2 aromatic heterocycles. The molecule has 4 aromatic rings. The Bertz CT molecular complexity index is 1270. The van der Waals surface area contributed by atoms with E-state index in [-0.39, 0.29) is 6.54 Å². The van der Waals surface area contributed by atoms with E-state index in [1.165, 1.54) is 18.5 Å². The number of anilines is 1. The Hall–Kier alpha value is -3.43. The predicted molar refractivity (Wildman–Crippen MR) is 121 cm³/mol. The summed E-state index contributed by atoms with van der Waals surface area (Å²) in [7, 11) is 0. The van der Waals surface area contributed by atoms with Crippen LogP contribution in [0.2, 0.25) is 5.02 Å². The Morgan fingerprint density at radius 2 is 1.70 bits per heavy atom. The number of benzene rings is 2. The van der Waals surface area contributed by atoms with Crippen molar-refractivity contribution in [2.24, 2.45) is 5.73 Å². The second-order valence-corrected chi connectivity index (χ2v) is 7.91. The SMILES string of the molecule is Cc1nn(C(CN)c2ccc(C(F)(F)F)cc2)cc1-c1ncnc(N)c1-c1ccc(Cl)cc1. The Morgan fingerprint density at radius 3 is 2.30 bits per heavy atom. The van der Waals surface area contributed by atoms with Crippen molar-refractivity contribution in [1.82, 2.24) is 19.7 Å². The normalized spacial score (nSPS) is 12.7. The molecule has 0 radical (unpaired) electrons. The van der Waals surface area contributed by atoms with Crippen LogP contribution in [0, 0.1) is 6.92 Å². The van der Waals surface area contributed by atoms with E-state index in [2.05, 4.69) is 15.1 Å². The van der Waals surface area contributed by atoms with Gasteiger partial charge in [-0.05, 0) is 42.3 Å². The number of nitrogens with zero attached hydrogens (tertiary/aromatic N) is 4. The molecule has 0 aliphatic heterocycles. The molecule has 2 heterocycles. The molecule has 0 saturated carbocycles. The maximum Gasteiger partial charge on any atom is 0.416 e. The maximum absolute atomic E-state index is 12.9. The monoisotopic (exact) mass is 472 g/mol. The molecule has 2 aromatic carbocycles. The summed E-state index contributed by atoms with van der Waals surface area (Å²) in [6, 6.07) is 11.6. The van der Waals surface area contributed by atoms with E-state index in [4.69, 9.17) is 23.1 Å². The molecule has 0 aliphatic carbocycles. The minimum absolute atomic E-state index is 0.141. The van der Waals surface area contributed by atoms with E-state index in [0.29, 0.717) is 38.9 Å². The number of halogens is 4. The Morgan fingerprint density at radius 1 is 1.03 bits per heavy atom. The highest BCUT2D eigenvalue weighted by atomic mass is 35.5. The first-order chi connectivity index (χ1) is 15.7. The van der Waals surface area contributed by atoms with Crippen molar-refractivity contribution in [2.75, 3.05) is 12.3 Å². The number of rotatable bonds is 5. The number of nitrogen functional groups attached to an aromatic ring is 1. The molecule has 4 N–H and O–H groups in total. The quantitative estimate of drug-likeness (QED) is 0.420. The summed E-state index contributed by atoms with van der Waals surface area (Å²) in [5, 5.41) is 5.16. The molecule has 33 heavy (non-hydrogen) atoms. The lowest BCUT2D eigenvalue weighted by atomic mass is 10.00. The third-order valence-electron chi connectivity index (χ3n) is 5.35.